The zero-order valence-electron chi connectivity index (χ0n) is 27.3. The van der Waals surface area contributed by atoms with E-state index >= 15 is 0 Å². The number of fused-ring (bicyclic) bond motifs is 3. The van der Waals surface area contributed by atoms with Gasteiger partial charge >= 0.3 is 0 Å². The molecule has 0 aliphatic rings. The van der Waals surface area contributed by atoms with Crippen LogP contribution >= 0.6 is 0 Å². The lowest BCUT2D eigenvalue weighted by atomic mass is 9.91. The molecule has 0 amide bonds. The number of pyridine rings is 1. The lowest BCUT2D eigenvalue weighted by Crippen LogP contribution is -2.01. The highest BCUT2D eigenvalue weighted by Crippen LogP contribution is 2.38. The van der Waals surface area contributed by atoms with Crippen molar-refractivity contribution in [3.63, 3.8) is 0 Å². The van der Waals surface area contributed by atoms with Gasteiger partial charge in [-0.25, -0.2) is 9.67 Å². The van der Waals surface area contributed by atoms with Gasteiger partial charge in [0.25, 0.3) is 0 Å². The Hall–Kier alpha value is -5.36. The fourth-order valence-electron chi connectivity index (χ4n) is 6.77. The summed E-state index contributed by atoms with van der Waals surface area (Å²) in [4.78, 5) is 4.69. The standard InChI is InChI=1S/C40H38N4O2/c1-7-28-12-11-13-29(8-2)40(28)39-26(4)42-44(27(39)5)30-20-25(3)21-33(22-30)46-32-16-17-35-34-14-9-10-15-36(34)43(37(35)23-32)38-24-31(45-6)18-19-41-38/h9-24H,7-8H2,1-6H3. The van der Waals surface area contributed by atoms with Crippen LogP contribution in [0.25, 0.3) is 44.4 Å². The fraction of sp³-hybridized carbons (Fsp3) is 0.200. The Bertz CT molecular complexity index is 2220. The number of methoxy groups -OCH3 is 1. The summed E-state index contributed by atoms with van der Waals surface area (Å²) in [7, 11) is 1.67. The number of hydrogen-bond acceptors (Lipinski definition) is 4. The van der Waals surface area contributed by atoms with Crippen molar-refractivity contribution in [2.75, 3.05) is 7.11 Å². The molecule has 0 fully saturated rings. The highest BCUT2D eigenvalue weighted by Gasteiger charge is 2.20. The van der Waals surface area contributed by atoms with E-state index < -0.39 is 0 Å². The highest BCUT2D eigenvalue weighted by molar-refractivity contribution is 6.09. The Morgan fingerprint density at radius 3 is 2.20 bits per heavy atom. The first-order valence-corrected chi connectivity index (χ1v) is 15.9. The number of ether oxygens (including phenoxy) is 2. The number of benzene rings is 4. The Kier molecular flexibility index (Phi) is 7.57. The number of aryl methyl sites for hydroxylation is 4. The molecule has 3 heterocycles. The summed E-state index contributed by atoms with van der Waals surface area (Å²) in [6, 6.07) is 31.4. The molecular formula is C40H38N4O2. The van der Waals surface area contributed by atoms with Crippen molar-refractivity contribution in [2.24, 2.45) is 0 Å². The van der Waals surface area contributed by atoms with Crippen molar-refractivity contribution in [2.45, 2.75) is 47.5 Å². The summed E-state index contributed by atoms with van der Waals surface area (Å²) >= 11 is 0. The smallest absolute Gasteiger partial charge is 0.141 e. The first-order valence-electron chi connectivity index (χ1n) is 15.9. The normalized spacial score (nSPS) is 11.4. The van der Waals surface area contributed by atoms with E-state index in [4.69, 9.17) is 19.6 Å². The predicted octanol–water partition coefficient (Wildman–Crippen LogP) is 9.88. The van der Waals surface area contributed by atoms with Gasteiger partial charge in [-0.15, -0.1) is 0 Å². The van der Waals surface area contributed by atoms with Crippen LogP contribution in [-0.2, 0) is 12.8 Å². The van der Waals surface area contributed by atoms with Crippen LogP contribution in [0, 0.1) is 20.8 Å². The number of nitrogens with zero attached hydrogens (tertiary/aromatic N) is 4. The van der Waals surface area contributed by atoms with Gasteiger partial charge in [-0.3, -0.25) is 4.57 Å². The summed E-state index contributed by atoms with van der Waals surface area (Å²) in [5.41, 5.74) is 11.6. The van der Waals surface area contributed by atoms with Crippen LogP contribution in [-0.4, -0.2) is 26.4 Å². The van der Waals surface area contributed by atoms with Crippen LogP contribution in [0.4, 0.5) is 0 Å². The van der Waals surface area contributed by atoms with Gasteiger partial charge in [0, 0.05) is 46.4 Å². The van der Waals surface area contributed by atoms with Gasteiger partial charge in [0.2, 0.25) is 0 Å². The van der Waals surface area contributed by atoms with Gasteiger partial charge in [0.15, 0.2) is 0 Å². The molecule has 0 radical (unpaired) electrons. The molecule has 7 rings (SSSR count). The molecular weight excluding hydrogens is 568 g/mol. The second-order valence-electron chi connectivity index (χ2n) is 11.8. The minimum absolute atomic E-state index is 0.745. The van der Waals surface area contributed by atoms with Gasteiger partial charge in [0.05, 0.1) is 29.5 Å². The number of para-hydroxylation sites is 1. The predicted molar refractivity (Wildman–Crippen MR) is 187 cm³/mol. The molecule has 46 heavy (non-hydrogen) atoms. The summed E-state index contributed by atoms with van der Waals surface area (Å²) < 4.78 is 16.3. The van der Waals surface area contributed by atoms with Crippen LogP contribution in [0.3, 0.4) is 0 Å². The summed E-state index contributed by atoms with van der Waals surface area (Å²) in [5, 5.41) is 7.35. The molecule has 4 aromatic carbocycles. The van der Waals surface area contributed by atoms with Crippen molar-refractivity contribution < 1.29 is 9.47 Å². The average molecular weight is 607 g/mol. The molecule has 0 spiro atoms. The summed E-state index contributed by atoms with van der Waals surface area (Å²) in [5.74, 6) is 3.05. The molecule has 0 unspecified atom stereocenters. The van der Waals surface area contributed by atoms with Gasteiger partial charge < -0.3 is 9.47 Å². The molecule has 3 aromatic heterocycles. The Balaban J connectivity index is 1.31. The van der Waals surface area contributed by atoms with Crippen LogP contribution in [0.5, 0.6) is 17.2 Å². The molecule has 0 aliphatic heterocycles. The number of hydrogen-bond donors (Lipinski definition) is 0. The monoisotopic (exact) mass is 606 g/mol. The molecule has 0 N–H and O–H groups in total. The van der Waals surface area contributed by atoms with Crippen molar-refractivity contribution >= 4 is 21.8 Å². The molecule has 230 valence electrons. The first-order chi connectivity index (χ1) is 22.4. The van der Waals surface area contributed by atoms with Crippen LogP contribution < -0.4 is 9.47 Å². The van der Waals surface area contributed by atoms with Crippen molar-refractivity contribution in [3.8, 4) is 39.9 Å². The van der Waals surface area contributed by atoms with Crippen LogP contribution in [0.1, 0.15) is 41.9 Å². The molecule has 6 heteroatoms. The van der Waals surface area contributed by atoms with E-state index in [-0.39, 0.29) is 0 Å². The third-order valence-corrected chi connectivity index (χ3v) is 8.88. The third-order valence-electron chi connectivity index (χ3n) is 8.88. The molecule has 0 saturated heterocycles. The third kappa shape index (κ3) is 5.00. The maximum Gasteiger partial charge on any atom is 0.141 e. The summed E-state index contributed by atoms with van der Waals surface area (Å²) in [6.45, 7) is 10.8. The largest absolute Gasteiger partial charge is 0.497 e. The van der Waals surface area contributed by atoms with Gasteiger partial charge in [-0.2, -0.15) is 5.10 Å². The zero-order valence-corrected chi connectivity index (χ0v) is 27.3. The van der Waals surface area contributed by atoms with E-state index in [2.05, 4.69) is 117 Å². The molecule has 0 aliphatic carbocycles. The molecule has 0 saturated carbocycles. The second kappa shape index (κ2) is 11.9. The maximum absolute atomic E-state index is 6.60. The quantitative estimate of drug-likeness (QED) is 0.173. The molecule has 6 nitrogen and oxygen atoms in total. The lowest BCUT2D eigenvalue weighted by molar-refractivity contribution is 0.414. The van der Waals surface area contributed by atoms with Crippen molar-refractivity contribution in [3.05, 3.63) is 125 Å². The van der Waals surface area contributed by atoms with E-state index in [0.717, 1.165) is 80.4 Å². The lowest BCUT2D eigenvalue weighted by Gasteiger charge is -2.15. The van der Waals surface area contributed by atoms with E-state index in [9.17, 15) is 0 Å². The highest BCUT2D eigenvalue weighted by atomic mass is 16.5. The average Bonchev–Trinajstić information content (AvgIpc) is 3.56. The van der Waals surface area contributed by atoms with Crippen LogP contribution in [0.2, 0.25) is 0 Å². The fourth-order valence-corrected chi connectivity index (χ4v) is 6.77. The zero-order chi connectivity index (χ0) is 31.9. The summed E-state index contributed by atoms with van der Waals surface area (Å²) in [6.07, 6.45) is 3.73. The molecule has 0 bridgehead atoms. The molecule has 7 aromatic rings. The maximum atomic E-state index is 6.60. The second-order valence-corrected chi connectivity index (χ2v) is 11.8. The van der Waals surface area contributed by atoms with Crippen LogP contribution in [0.15, 0.2) is 97.2 Å². The SMILES string of the molecule is CCc1cccc(CC)c1-c1c(C)nn(-c2cc(C)cc(Oc3ccc4c5ccccc5n(-c5cc(OC)ccn5)c4c3)c2)c1C. The molecule has 0 atom stereocenters. The number of aromatic nitrogens is 4. The number of rotatable bonds is 8. The van der Waals surface area contributed by atoms with Crippen molar-refractivity contribution in [1.29, 1.82) is 0 Å². The van der Waals surface area contributed by atoms with Gasteiger partial charge in [0.1, 0.15) is 23.1 Å². The van der Waals surface area contributed by atoms with E-state index in [1.807, 2.05) is 18.2 Å². The Morgan fingerprint density at radius 1 is 0.674 bits per heavy atom. The Labute approximate surface area is 269 Å². The van der Waals surface area contributed by atoms with E-state index in [1.165, 1.54) is 22.3 Å². The minimum atomic E-state index is 0.745. The van der Waals surface area contributed by atoms with E-state index in [0.29, 0.717) is 0 Å². The van der Waals surface area contributed by atoms with E-state index in [1.54, 1.807) is 13.3 Å². The Morgan fingerprint density at radius 2 is 1.43 bits per heavy atom. The van der Waals surface area contributed by atoms with Crippen molar-refractivity contribution in [1.82, 2.24) is 19.3 Å². The van der Waals surface area contributed by atoms with Gasteiger partial charge in [-0.05, 0) is 92.3 Å². The first kappa shape index (κ1) is 29.4. The minimum Gasteiger partial charge on any atom is -0.497 e. The topological polar surface area (TPSA) is 54.1 Å². The van der Waals surface area contributed by atoms with Gasteiger partial charge in [-0.1, -0.05) is 50.2 Å².